The second kappa shape index (κ2) is 5.07. The van der Waals surface area contributed by atoms with Crippen LogP contribution in [0.3, 0.4) is 0 Å². The van der Waals surface area contributed by atoms with Crippen LogP contribution in [0.5, 0.6) is 0 Å². The molecular formula is C10H7F3O2S. The summed E-state index contributed by atoms with van der Waals surface area (Å²) in [6, 6.07) is 3.45. The van der Waals surface area contributed by atoms with Gasteiger partial charge in [0.2, 0.25) is 5.78 Å². The topological polar surface area (TPSA) is 34.1 Å². The first kappa shape index (κ1) is 12.6. The van der Waals surface area contributed by atoms with Gasteiger partial charge in [-0.15, -0.1) is 11.3 Å². The Hall–Kier alpha value is -1.43. The fourth-order valence-corrected chi connectivity index (χ4v) is 1.50. The highest BCUT2D eigenvalue weighted by Crippen LogP contribution is 2.18. The largest absolute Gasteiger partial charge is 0.450 e. The van der Waals surface area contributed by atoms with Gasteiger partial charge in [-0.2, -0.15) is 13.2 Å². The van der Waals surface area contributed by atoms with E-state index < -0.39 is 24.2 Å². The molecule has 0 aromatic carbocycles. The van der Waals surface area contributed by atoms with Crippen LogP contribution in [0.15, 0.2) is 23.6 Å². The third-order valence-corrected chi connectivity index (χ3v) is 2.47. The van der Waals surface area contributed by atoms with Crippen molar-refractivity contribution >= 4 is 29.0 Å². The van der Waals surface area contributed by atoms with Gasteiger partial charge >= 0.3 is 6.18 Å². The van der Waals surface area contributed by atoms with Gasteiger partial charge in [0.25, 0.3) is 0 Å². The molecule has 2 nitrogen and oxygen atoms in total. The molecule has 0 amide bonds. The summed E-state index contributed by atoms with van der Waals surface area (Å²) in [4.78, 5) is 22.2. The van der Waals surface area contributed by atoms with Crippen molar-refractivity contribution in [2.45, 2.75) is 12.6 Å². The first-order valence-electron chi connectivity index (χ1n) is 4.24. The minimum absolute atomic E-state index is 0.743. The number of hydrogen-bond acceptors (Lipinski definition) is 3. The molecule has 1 heterocycles. The zero-order valence-corrected chi connectivity index (χ0v) is 8.77. The molecule has 0 bridgehead atoms. The van der Waals surface area contributed by atoms with E-state index in [0.717, 1.165) is 11.0 Å². The number of ketones is 2. The maximum Gasteiger partial charge on any atom is 0.450 e. The van der Waals surface area contributed by atoms with E-state index in [1.54, 1.807) is 17.5 Å². The number of thiophene rings is 1. The number of carbonyl (C=O) groups excluding carboxylic acids is 2. The van der Waals surface area contributed by atoms with Crippen molar-refractivity contribution in [3.05, 3.63) is 28.5 Å². The molecule has 0 atom stereocenters. The molecule has 0 aliphatic carbocycles. The summed E-state index contributed by atoms with van der Waals surface area (Å²) in [6.07, 6.45) is -3.70. The lowest BCUT2D eigenvalue weighted by molar-refractivity contribution is -0.171. The van der Waals surface area contributed by atoms with Crippen molar-refractivity contribution < 1.29 is 22.8 Å². The number of rotatable bonds is 4. The zero-order valence-electron chi connectivity index (χ0n) is 7.95. The van der Waals surface area contributed by atoms with Crippen LogP contribution in [0, 0.1) is 0 Å². The fraction of sp³-hybridized carbons (Fsp3) is 0.200. The number of carbonyl (C=O) groups is 2. The molecule has 16 heavy (non-hydrogen) atoms. The van der Waals surface area contributed by atoms with E-state index in [0.29, 0.717) is 0 Å². The van der Waals surface area contributed by atoms with Gasteiger partial charge in [-0.1, -0.05) is 6.07 Å². The normalized spacial score (nSPS) is 11.9. The molecule has 1 rings (SSSR count). The highest BCUT2D eigenvalue weighted by atomic mass is 32.1. The van der Waals surface area contributed by atoms with Crippen LogP contribution < -0.4 is 0 Å². The van der Waals surface area contributed by atoms with E-state index in [1.807, 2.05) is 0 Å². The number of hydrogen-bond donors (Lipinski definition) is 0. The third-order valence-electron chi connectivity index (χ3n) is 1.63. The summed E-state index contributed by atoms with van der Waals surface area (Å²) in [7, 11) is 0. The summed E-state index contributed by atoms with van der Waals surface area (Å²) in [5.74, 6) is -2.87. The molecule has 0 aliphatic rings. The minimum atomic E-state index is -4.94. The van der Waals surface area contributed by atoms with E-state index in [-0.39, 0.29) is 0 Å². The number of allylic oxidation sites excluding steroid dienone is 1. The molecule has 0 fully saturated rings. The van der Waals surface area contributed by atoms with Gasteiger partial charge in [-0.3, -0.25) is 9.59 Å². The van der Waals surface area contributed by atoms with Gasteiger partial charge in [0.15, 0.2) is 5.78 Å². The first-order chi connectivity index (χ1) is 7.39. The van der Waals surface area contributed by atoms with Crippen LogP contribution in [-0.4, -0.2) is 17.7 Å². The van der Waals surface area contributed by atoms with Crippen LogP contribution in [0.25, 0.3) is 6.08 Å². The Kier molecular flexibility index (Phi) is 4.00. The molecule has 1 aromatic rings. The molecule has 0 aliphatic heterocycles. The van der Waals surface area contributed by atoms with E-state index >= 15 is 0 Å². The van der Waals surface area contributed by atoms with Crippen molar-refractivity contribution in [3.8, 4) is 0 Å². The standard InChI is InChI=1S/C10H7F3O2S/c11-10(12,13)9(15)6-7(14)3-4-8-2-1-5-16-8/h1-5H,6H2/b4-3+. The summed E-state index contributed by atoms with van der Waals surface area (Å²) in [6.45, 7) is 0. The average Bonchev–Trinajstić information content (AvgIpc) is 2.65. The predicted molar refractivity (Wildman–Crippen MR) is 54.0 cm³/mol. The second-order valence-electron chi connectivity index (χ2n) is 2.91. The van der Waals surface area contributed by atoms with Crippen molar-refractivity contribution in [2.24, 2.45) is 0 Å². The molecule has 0 radical (unpaired) electrons. The van der Waals surface area contributed by atoms with Crippen molar-refractivity contribution in [3.63, 3.8) is 0 Å². The summed E-state index contributed by atoms with van der Waals surface area (Å²) in [5, 5.41) is 1.77. The molecule has 0 saturated heterocycles. The lowest BCUT2D eigenvalue weighted by atomic mass is 10.2. The maximum absolute atomic E-state index is 11.8. The Morgan fingerprint density at radius 1 is 1.38 bits per heavy atom. The molecule has 0 saturated carbocycles. The monoisotopic (exact) mass is 248 g/mol. The molecule has 0 N–H and O–H groups in total. The van der Waals surface area contributed by atoms with Gasteiger partial charge < -0.3 is 0 Å². The van der Waals surface area contributed by atoms with E-state index in [2.05, 4.69) is 0 Å². The Bertz CT molecular complexity index is 404. The predicted octanol–water partition coefficient (Wildman–Crippen LogP) is 2.85. The first-order valence-corrected chi connectivity index (χ1v) is 5.12. The summed E-state index contributed by atoms with van der Waals surface area (Å²) >= 11 is 1.34. The van der Waals surface area contributed by atoms with Crippen LogP contribution >= 0.6 is 11.3 Å². The van der Waals surface area contributed by atoms with Gasteiger partial charge in [0, 0.05) is 4.88 Å². The van der Waals surface area contributed by atoms with Crippen molar-refractivity contribution in [1.82, 2.24) is 0 Å². The number of Topliss-reactive ketones (excluding diaryl/α,β-unsaturated/α-hetero) is 1. The maximum atomic E-state index is 11.8. The Labute approximate surface area is 93.4 Å². The Morgan fingerprint density at radius 2 is 2.06 bits per heavy atom. The second-order valence-corrected chi connectivity index (χ2v) is 3.89. The zero-order chi connectivity index (χ0) is 12.2. The quantitative estimate of drug-likeness (QED) is 0.606. The summed E-state index contributed by atoms with van der Waals surface area (Å²) in [5.41, 5.74) is 0. The Balaban J connectivity index is 2.52. The molecule has 0 unspecified atom stereocenters. The Morgan fingerprint density at radius 3 is 2.56 bits per heavy atom. The van der Waals surface area contributed by atoms with Crippen molar-refractivity contribution in [1.29, 1.82) is 0 Å². The van der Waals surface area contributed by atoms with Gasteiger partial charge in [-0.05, 0) is 23.6 Å². The van der Waals surface area contributed by atoms with Crippen LogP contribution in [0.1, 0.15) is 11.3 Å². The molecular weight excluding hydrogens is 241 g/mol. The van der Waals surface area contributed by atoms with E-state index in [1.165, 1.54) is 17.4 Å². The minimum Gasteiger partial charge on any atom is -0.294 e. The highest BCUT2D eigenvalue weighted by molar-refractivity contribution is 7.10. The molecule has 1 aromatic heterocycles. The van der Waals surface area contributed by atoms with Crippen molar-refractivity contribution in [2.75, 3.05) is 0 Å². The van der Waals surface area contributed by atoms with Crippen LogP contribution in [0.2, 0.25) is 0 Å². The third kappa shape index (κ3) is 3.98. The number of alkyl halides is 3. The van der Waals surface area contributed by atoms with Gasteiger partial charge in [-0.25, -0.2) is 0 Å². The molecule has 86 valence electrons. The lowest BCUT2D eigenvalue weighted by Gasteiger charge is -2.01. The highest BCUT2D eigenvalue weighted by Gasteiger charge is 2.38. The van der Waals surface area contributed by atoms with Crippen LogP contribution in [-0.2, 0) is 9.59 Å². The average molecular weight is 248 g/mol. The van der Waals surface area contributed by atoms with E-state index in [4.69, 9.17) is 0 Å². The SMILES string of the molecule is O=C(/C=C/c1cccs1)CC(=O)C(F)(F)F. The smallest absolute Gasteiger partial charge is 0.294 e. The molecule has 6 heteroatoms. The number of halogens is 3. The van der Waals surface area contributed by atoms with Gasteiger partial charge in [0.1, 0.15) is 0 Å². The van der Waals surface area contributed by atoms with Crippen LogP contribution in [0.4, 0.5) is 13.2 Å². The van der Waals surface area contributed by atoms with Gasteiger partial charge in [0.05, 0.1) is 6.42 Å². The molecule has 0 spiro atoms. The summed E-state index contributed by atoms with van der Waals surface area (Å²) < 4.78 is 35.4. The lowest BCUT2D eigenvalue weighted by Crippen LogP contribution is -2.24. The fourth-order valence-electron chi connectivity index (χ4n) is 0.879. The van der Waals surface area contributed by atoms with E-state index in [9.17, 15) is 22.8 Å².